The monoisotopic (exact) mass is 358 g/mol. The molecule has 1 saturated carbocycles. The van der Waals surface area contributed by atoms with Crippen molar-refractivity contribution in [2.24, 2.45) is 0 Å². The molecule has 0 spiro atoms. The number of amides is 2. The largest absolute Gasteiger partial charge is 0.393 e. The Morgan fingerprint density at radius 3 is 2.92 bits per heavy atom. The molecule has 2 heterocycles. The van der Waals surface area contributed by atoms with Gasteiger partial charge in [0.05, 0.1) is 17.7 Å². The van der Waals surface area contributed by atoms with Crippen molar-refractivity contribution >= 4 is 11.8 Å². The van der Waals surface area contributed by atoms with E-state index in [1.165, 1.54) is 0 Å². The van der Waals surface area contributed by atoms with Crippen LogP contribution in [-0.2, 0) is 16.1 Å². The molecule has 0 bridgehead atoms. The summed E-state index contributed by atoms with van der Waals surface area (Å²) in [7, 11) is 1.71. The summed E-state index contributed by atoms with van der Waals surface area (Å²) >= 11 is 0. The molecule has 0 radical (unpaired) electrons. The molecule has 0 aromatic heterocycles. The Bertz CT molecular complexity index is 722. The molecule has 26 heavy (non-hydrogen) atoms. The summed E-state index contributed by atoms with van der Waals surface area (Å²) in [5.74, 6) is 0.0564. The first-order valence-electron chi connectivity index (χ1n) is 9.44. The highest BCUT2D eigenvalue weighted by atomic mass is 16.5. The molecule has 3 aliphatic rings. The number of benzene rings is 1. The van der Waals surface area contributed by atoms with Crippen molar-refractivity contribution in [3.63, 3.8) is 0 Å². The molecule has 1 N–H and O–H groups in total. The van der Waals surface area contributed by atoms with Gasteiger partial charge in [0, 0.05) is 38.7 Å². The molecule has 2 aliphatic heterocycles. The summed E-state index contributed by atoms with van der Waals surface area (Å²) in [6, 6.07) is 7.55. The number of nitrogens with zero attached hydrogens (tertiary/aromatic N) is 2. The molecule has 140 valence electrons. The van der Waals surface area contributed by atoms with Crippen LogP contribution in [0.2, 0.25) is 0 Å². The maximum Gasteiger partial charge on any atom is 0.254 e. The van der Waals surface area contributed by atoms with Crippen molar-refractivity contribution in [2.75, 3.05) is 20.2 Å². The zero-order valence-corrected chi connectivity index (χ0v) is 15.2. The van der Waals surface area contributed by atoms with Crippen LogP contribution < -0.4 is 0 Å². The molecule has 1 aliphatic carbocycles. The van der Waals surface area contributed by atoms with Crippen LogP contribution in [0, 0.1) is 0 Å². The van der Waals surface area contributed by atoms with E-state index in [2.05, 4.69) is 0 Å². The number of aliphatic hydroxyl groups excluding tert-OH is 1. The number of hydrogen-bond donors (Lipinski definition) is 1. The molecule has 2 fully saturated rings. The minimum atomic E-state index is -0.369. The molecule has 0 unspecified atom stereocenters. The van der Waals surface area contributed by atoms with Crippen LogP contribution in [0.3, 0.4) is 0 Å². The third-order valence-corrected chi connectivity index (χ3v) is 6.37. The van der Waals surface area contributed by atoms with Crippen LogP contribution >= 0.6 is 0 Å². The standard InChI is InChI=1S/C20H26N2O4/c1-26-20-8-6-15(23)12-17(20)22(11-9-20)18(24)7-10-21-13-14-4-2-3-5-16(14)19(21)25/h2-5,15,17,23H,6-13H2,1H3/t15-,17-,20+/m0/s1. The predicted octanol–water partition coefficient (Wildman–Crippen LogP) is 1.56. The van der Waals surface area contributed by atoms with Gasteiger partial charge in [-0.15, -0.1) is 0 Å². The Labute approximate surface area is 153 Å². The second-order valence-corrected chi connectivity index (χ2v) is 7.68. The second-order valence-electron chi connectivity index (χ2n) is 7.68. The number of likely N-dealkylation sites (tertiary alicyclic amines) is 1. The normalized spacial score (nSPS) is 30.5. The topological polar surface area (TPSA) is 70.1 Å². The third kappa shape index (κ3) is 2.81. The van der Waals surface area contributed by atoms with Gasteiger partial charge in [0.1, 0.15) is 0 Å². The quantitative estimate of drug-likeness (QED) is 0.887. The van der Waals surface area contributed by atoms with E-state index in [-0.39, 0.29) is 29.6 Å². The molecular weight excluding hydrogens is 332 g/mol. The fraction of sp³-hybridized carbons (Fsp3) is 0.600. The lowest BCUT2D eigenvalue weighted by atomic mass is 9.79. The molecule has 1 aromatic rings. The molecular formula is C20H26N2O4. The van der Waals surface area contributed by atoms with E-state index in [0.717, 1.165) is 30.4 Å². The molecule has 6 heteroatoms. The van der Waals surface area contributed by atoms with E-state index in [9.17, 15) is 14.7 Å². The third-order valence-electron chi connectivity index (χ3n) is 6.37. The maximum absolute atomic E-state index is 12.9. The van der Waals surface area contributed by atoms with Crippen LogP contribution in [0.1, 0.15) is 48.0 Å². The van der Waals surface area contributed by atoms with Crippen molar-refractivity contribution in [3.8, 4) is 0 Å². The highest BCUT2D eigenvalue weighted by Crippen LogP contribution is 2.42. The van der Waals surface area contributed by atoms with Crippen LogP contribution in [-0.4, -0.2) is 64.7 Å². The highest BCUT2D eigenvalue weighted by molar-refractivity contribution is 5.98. The fourth-order valence-electron chi connectivity index (χ4n) is 4.84. The molecule has 2 amide bonds. The number of ether oxygens (including phenoxy) is 1. The Balaban J connectivity index is 1.39. The number of aliphatic hydroxyl groups is 1. The fourth-order valence-corrected chi connectivity index (χ4v) is 4.84. The number of carbonyl (C=O) groups is 2. The van der Waals surface area contributed by atoms with E-state index in [1.54, 1.807) is 12.0 Å². The Kier molecular flexibility index (Phi) is 4.49. The van der Waals surface area contributed by atoms with Crippen molar-refractivity contribution < 1.29 is 19.4 Å². The average Bonchev–Trinajstić information content (AvgIpc) is 3.18. The minimum absolute atomic E-state index is 0.00847. The molecule has 3 atom stereocenters. The zero-order chi connectivity index (χ0) is 18.3. The minimum Gasteiger partial charge on any atom is -0.393 e. The van der Waals surface area contributed by atoms with Crippen LogP contribution in [0.5, 0.6) is 0 Å². The first kappa shape index (κ1) is 17.5. The van der Waals surface area contributed by atoms with Crippen molar-refractivity contribution in [3.05, 3.63) is 35.4 Å². The molecule has 1 aromatic carbocycles. The summed E-state index contributed by atoms with van der Waals surface area (Å²) in [5.41, 5.74) is 1.46. The summed E-state index contributed by atoms with van der Waals surface area (Å²) in [6.45, 7) is 1.67. The van der Waals surface area contributed by atoms with E-state index >= 15 is 0 Å². The first-order chi connectivity index (χ1) is 12.5. The number of fused-ring (bicyclic) bond motifs is 2. The summed E-state index contributed by atoms with van der Waals surface area (Å²) < 4.78 is 5.80. The van der Waals surface area contributed by atoms with Gasteiger partial charge in [-0.3, -0.25) is 9.59 Å². The lowest BCUT2D eigenvalue weighted by Crippen LogP contribution is -2.53. The van der Waals surface area contributed by atoms with Crippen LogP contribution in [0.25, 0.3) is 0 Å². The van der Waals surface area contributed by atoms with Gasteiger partial charge in [0.2, 0.25) is 5.91 Å². The van der Waals surface area contributed by atoms with E-state index in [0.29, 0.717) is 32.5 Å². The maximum atomic E-state index is 12.9. The van der Waals surface area contributed by atoms with Gasteiger partial charge in [-0.25, -0.2) is 0 Å². The lowest BCUT2D eigenvalue weighted by molar-refractivity contribution is -0.140. The molecule has 4 rings (SSSR count). The number of hydrogen-bond acceptors (Lipinski definition) is 4. The zero-order valence-electron chi connectivity index (χ0n) is 15.2. The SMILES string of the molecule is CO[C@@]12CC[C@H](O)C[C@@H]1N(C(=O)CCN1Cc3ccccc3C1=O)CC2. The van der Waals surface area contributed by atoms with Crippen molar-refractivity contribution in [2.45, 2.75) is 56.4 Å². The number of methoxy groups -OCH3 is 1. The lowest BCUT2D eigenvalue weighted by Gasteiger charge is -2.42. The van der Waals surface area contributed by atoms with Crippen molar-refractivity contribution in [1.29, 1.82) is 0 Å². The van der Waals surface area contributed by atoms with Gasteiger partial charge in [-0.2, -0.15) is 0 Å². The van der Waals surface area contributed by atoms with E-state index < -0.39 is 0 Å². The van der Waals surface area contributed by atoms with Gasteiger partial charge in [0.25, 0.3) is 5.91 Å². The highest BCUT2D eigenvalue weighted by Gasteiger charge is 2.52. The van der Waals surface area contributed by atoms with Crippen LogP contribution in [0.4, 0.5) is 0 Å². The van der Waals surface area contributed by atoms with Gasteiger partial charge in [-0.1, -0.05) is 18.2 Å². The number of rotatable bonds is 4. The molecule has 6 nitrogen and oxygen atoms in total. The van der Waals surface area contributed by atoms with Crippen LogP contribution in [0.15, 0.2) is 24.3 Å². The Morgan fingerprint density at radius 1 is 1.35 bits per heavy atom. The van der Waals surface area contributed by atoms with Gasteiger partial charge >= 0.3 is 0 Å². The van der Waals surface area contributed by atoms with E-state index in [1.807, 2.05) is 29.2 Å². The Morgan fingerprint density at radius 2 is 2.15 bits per heavy atom. The van der Waals surface area contributed by atoms with Crippen molar-refractivity contribution in [1.82, 2.24) is 9.80 Å². The van der Waals surface area contributed by atoms with Gasteiger partial charge in [0.15, 0.2) is 0 Å². The predicted molar refractivity (Wildman–Crippen MR) is 95.5 cm³/mol. The smallest absolute Gasteiger partial charge is 0.254 e. The van der Waals surface area contributed by atoms with Gasteiger partial charge in [-0.05, 0) is 37.3 Å². The summed E-state index contributed by atoms with van der Waals surface area (Å²) in [6.07, 6.45) is 2.86. The van der Waals surface area contributed by atoms with Gasteiger partial charge < -0.3 is 19.6 Å². The Hall–Kier alpha value is -1.92. The molecule has 1 saturated heterocycles. The summed E-state index contributed by atoms with van der Waals surface area (Å²) in [5, 5.41) is 10.1. The first-order valence-corrected chi connectivity index (χ1v) is 9.44. The second kappa shape index (κ2) is 6.67. The van der Waals surface area contributed by atoms with E-state index in [4.69, 9.17) is 4.74 Å². The number of carbonyl (C=O) groups excluding carboxylic acids is 2. The average molecular weight is 358 g/mol. The summed E-state index contributed by atoms with van der Waals surface area (Å²) in [4.78, 5) is 28.9.